The number of benzene rings is 1. The first kappa shape index (κ1) is 15.7. The van der Waals surface area contributed by atoms with E-state index in [0.717, 1.165) is 31.1 Å². The summed E-state index contributed by atoms with van der Waals surface area (Å²) in [6.07, 6.45) is 3.68. The van der Waals surface area contributed by atoms with Crippen LogP contribution in [0.3, 0.4) is 0 Å². The number of hydrogen-bond acceptors (Lipinski definition) is 4. The van der Waals surface area contributed by atoms with Crippen LogP contribution in [-0.2, 0) is 0 Å². The summed E-state index contributed by atoms with van der Waals surface area (Å²) < 4.78 is 5.22. The molecule has 5 heteroatoms. The number of aryl methyl sites for hydroxylation is 1. The number of carbonyl (C=O) groups excluding carboxylic acids is 1. The Bertz CT molecular complexity index is 774. The van der Waals surface area contributed by atoms with E-state index in [-0.39, 0.29) is 18.0 Å². The van der Waals surface area contributed by atoms with Gasteiger partial charge in [0.15, 0.2) is 0 Å². The molecule has 0 spiro atoms. The number of fused-ring (bicyclic) bond motifs is 1. The van der Waals surface area contributed by atoms with E-state index in [2.05, 4.69) is 5.32 Å². The van der Waals surface area contributed by atoms with E-state index in [9.17, 15) is 14.7 Å². The zero-order valence-corrected chi connectivity index (χ0v) is 13.2. The Balaban J connectivity index is 1.79. The molecule has 2 N–H and O–H groups in total. The molecular weight excluding hydrogens is 294 g/mol. The summed E-state index contributed by atoms with van der Waals surface area (Å²) in [6, 6.07) is 7.14. The molecule has 1 heterocycles. The van der Waals surface area contributed by atoms with Crippen LogP contribution in [0, 0.1) is 12.8 Å². The fourth-order valence-corrected chi connectivity index (χ4v) is 3.36. The maximum atomic E-state index is 12.4. The summed E-state index contributed by atoms with van der Waals surface area (Å²) in [4.78, 5) is 24.5. The van der Waals surface area contributed by atoms with Crippen LogP contribution in [-0.4, -0.2) is 23.7 Å². The topological polar surface area (TPSA) is 79.5 Å². The van der Waals surface area contributed by atoms with Crippen molar-refractivity contribution in [1.82, 2.24) is 5.32 Å². The molecule has 1 amide bonds. The van der Waals surface area contributed by atoms with E-state index < -0.39 is 17.6 Å². The largest absolute Gasteiger partial charge is 0.422 e. The fraction of sp³-hybridized carbons (Fsp3) is 0.444. The first-order valence-electron chi connectivity index (χ1n) is 8.06. The molecular formula is C18H21NO4. The highest BCUT2D eigenvalue weighted by Crippen LogP contribution is 2.27. The summed E-state index contributed by atoms with van der Waals surface area (Å²) in [7, 11) is 0. The van der Waals surface area contributed by atoms with Gasteiger partial charge in [0.25, 0.3) is 5.91 Å². The first-order chi connectivity index (χ1) is 11.1. The highest BCUT2D eigenvalue weighted by molar-refractivity contribution is 5.99. The van der Waals surface area contributed by atoms with E-state index in [1.807, 2.05) is 12.1 Å². The fourth-order valence-electron chi connectivity index (χ4n) is 3.36. The van der Waals surface area contributed by atoms with Crippen LogP contribution in [0.4, 0.5) is 0 Å². The average molecular weight is 315 g/mol. The maximum Gasteiger partial charge on any atom is 0.349 e. The lowest BCUT2D eigenvalue weighted by atomic mass is 10.0. The summed E-state index contributed by atoms with van der Waals surface area (Å²) in [6.45, 7) is 1.90. The molecule has 0 unspecified atom stereocenters. The van der Waals surface area contributed by atoms with Gasteiger partial charge in [-0.25, -0.2) is 4.79 Å². The molecule has 0 aliphatic heterocycles. The molecule has 1 saturated carbocycles. The number of hydrogen-bond donors (Lipinski definition) is 2. The number of para-hydroxylation sites is 1. The summed E-state index contributed by atoms with van der Waals surface area (Å²) in [5.41, 5.74) is 0.443. The van der Waals surface area contributed by atoms with Gasteiger partial charge >= 0.3 is 5.63 Å². The SMILES string of the molecule is Cc1c(C(=O)NC[C@H](O)C2CCCC2)c(=O)oc2ccccc12. The van der Waals surface area contributed by atoms with Gasteiger partial charge in [-0.15, -0.1) is 0 Å². The van der Waals surface area contributed by atoms with Crippen LogP contribution < -0.4 is 10.9 Å². The van der Waals surface area contributed by atoms with Gasteiger partial charge < -0.3 is 14.8 Å². The second kappa shape index (κ2) is 6.54. The molecule has 1 aromatic carbocycles. The van der Waals surface area contributed by atoms with Crippen molar-refractivity contribution >= 4 is 16.9 Å². The van der Waals surface area contributed by atoms with E-state index in [1.165, 1.54) is 0 Å². The monoisotopic (exact) mass is 315 g/mol. The minimum Gasteiger partial charge on any atom is -0.422 e. The third-order valence-corrected chi connectivity index (χ3v) is 4.72. The second-order valence-electron chi connectivity index (χ2n) is 6.21. The van der Waals surface area contributed by atoms with Crippen LogP contribution in [0.15, 0.2) is 33.5 Å². The molecule has 1 atom stereocenters. The Morgan fingerprint density at radius 1 is 1.35 bits per heavy atom. The van der Waals surface area contributed by atoms with Crippen molar-refractivity contribution in [2.45, 2.75) is 38.7 Å². The Labute approximate surface area is 134 Å². The van der Waals surface area contributed by atoms with E-state index in [0.29, 0.717) is 11.1 Å². The minimum atomic E-state index is -0.644. The van der Waals surface area contributed by atoms with Crippen molar-refractivity contribution in [2.75, 3.05) is 6.54 Å². The molecule has 1 aromatic heterocycles. The molecule has 5 nitrogen and oxygen atoms in total. The van der Waals surface area contributed by atoms with Crippen molar-refractivity contribution in [2.24, 2.45) is 5.92 Å². The van der Waals surface area contributed by atoms with E-state index in [4.69, 9.17) is 4.42 Å². The molecule has 1 aliphatic rings. The van der Waals surface area contributed by atoms with Crippen molar-refractivity contribution in [3.8, 4) is 0 Å². The number of amides is 1. The molecule has 122 valence electrons. The normalized spacial score (nSPS) is 16.6. The van der Waals surface area contributed by atoms with Crippen LogP contribution >= 0.6 is 0 Å². The Morgan fingerprint density at radius 2 is 2.04 bits per heavy atom. The summed E-state index contributed by atoms with van der Waals surface area (Å²) >= 11 is 0. The lowest BCUT2D eigenvalue weighted by molar-refractivity contribution is 0.0837. The molecule has 0 radical (unpaired) electrons. The highest BCUT2D eigenvalue weighted by Gasteiger charge is 2.25. The minimum absolute atomic E-state index is 0.0160. The number of aliphatic hydroxyl groups excluding tert-OH is 1. The van der Waals surface area contributed by atoms with Crippen molar-refractivity contribution in [3.63, 3.8) is 0 Å². The summed E-state index contributed by atoms with van der Waals surface area (Å²) in [5.74, 6) is -0.247. The van der Waals surface area contributed by atoms with Crippen LogP contribution in [0.2, 0.25) is 0 Å². The van der Waals surface area contributed by atoms with Crippen molar-refractivity contribution in [3.05, 3.63) is 45.8 Å². The Morgan fingerprint density at radius 3 is 2.78 bits per heavy atom. The zero-order chi connectivity index (χ0) is 16.4. The van der Waals surface area contributed by atoms with Gasteiger partial charge in [-0.2, -0.15) is 0 Å². The number of carbonyl (C=O) groups is 1. The van der Waals surface area contributed by atoms with Gasteiger partial charge in [-0.05, 0) is 37.3 Å². The number of aliphatic hydroxyl groups is 1. The van der Waals surface area contributed by atoms with Crippen LogP contribution in [0.1, 0.15) is 41.6 Å². The average Bonchev–Trinajstić information content (AvgIpc) is 3.07. The molecule has 3 rings (SSSR count). The smallest absolute Gasteiger partial charge is 0.349 e. The predicted molar refractivity (Wildman–Crippen MR) is 87.5 cm³/mol. The Hall–Kier alpha value is -2.14. The van der Waals surface area contributed by atoms with Gasteiger partial charge in [0.1, 0.15) is 11.1 Å². The Kier molecular flexibility index (Phi) is 4.48. The van der Waals surface area contributed by atoms with Crippen molar-refractivity contribution < 1.29 is 14.3 Å². The number of rotatable bonds is 4. The third-order valence-electron chi connectivity index (χ3n) is 4.72. The third kappa shape index (κ3) is 3.15. The van der Waals surface area contributed by atoms with Gasteiger partial charge in [0.2, 0.25) is 0 Å². The van der Waals surface area contributed by atoms with Gasteiger partial charge in [-0.3, -0.25) is 4.79 Å². The van der Waals surface area contributed by atoms with Gasteiger partial charge in [0, 0.05) is 11.9 Å². The maximum absolute atomic E-state index is 12.4. The summed E-state index contributed by atoms with van der Waals surface area (Å²) in [5, 5.41) is 13.6. The van der Waals surface area contributed by atoms with Crippen LogP contribution in [0.5, 0.6) is 0 Å². The van der Waals surface area contributed by atoms with Gasteiger partial charge in [-0.1, -0.05) is 31.0 Å². The molecule has 0 saturated heterocycles. The number of nitrogens with one attached hydrogen (secondary N) is 1. The van der Waals surface area contributed by atoms with Crippen molar-refractivity contribution in [1.29, 1.82) is 0 Å². The van der Waals surface area contributed by atoms with Gasteiger partial charge in [0.05, 0.1) is 6.10 Å². The predicted octanol–water partition coefficient (Wildman–Crippen LogP) is 2.38. The quantitative estimate of drug-likeness (QED) is 0.849. The molecule has 1 fully saturated rings. The second-order valence-corrected chi connectivity index (χ2v) is 6.21. The zero-order valence-electron chi connectivity index (χ0n) is 13.2. The molecule has 2 aromatic rings. The lowest BCUT2D eigenvalue weighted by Crippen LogP contribution is -2.37. The molecule has 1 aliphatic carbocycles. The molecule has 0 bridgehead atoms. The highest BCUT2D eigenvalue weighted by atomic mass is 16.4. The standard InChI is InChI=1S/C18H21NO4/c1-11-13-8-4-5-9-15(13)23-18(22)16(11)17(21)19-10-14(20)12-6-2-3-7-12/h4-5,8-9,12,14,20H,2-3,6-7,10H2,1H3,(H,19,21)/t14-/m0/s1. The van der Waals surface area contributed by atoms with E-state index >= 15 is 0 Å². The first-order valence-corrected chi connectivity index (χ1v) is 8.06. The lowest BCUT2D eigenvalue weighted by Gasteiger charge is -2.18. The molecule has 23 heavy (non-hydrogen) atoms. The van der Waals surface area contributed by atoms with Crippen LogP contribution in [0.25, 0.3) is 11.0 Å². The van der Waals surface area contributed by atoms with E-state index in [1.54, 1.807) is 19.1 Å².